The molecule has 0 unspecified atom stereocenters. The van der Waals surface area contributed by atoms with E-state index in [9.17, 15) is 0 Å². The van der Waals surface area contributed by atoms with E-state index in [1.807, 2.05) is 11.3 Å². The number of rotatable bonds is 3. The van der Waals surface area contributed by atoms with Crippen molar-refractivity contribution < 1.29 is 0 Å². The molecule has 66 valence electrons. The highest BCUT2D eigenvalue weighted by Gasteiger charge is 1.95. The first-order chi connectivity index (χ1) is 5.76. The summed E-state index contributed by atoms with van der Waals surface area (Å²) in [5, 5.41) is 0.987. The molecule has 0 spiro atoms. The second kappa shape index (κ2) is 4.83. The summed E-state index contributed by atoms with van der Waals surface area (Å²) in [5.41, 5.74) is 1.46. The van der Waals surface area contributed by atoms with Crippen LogP contribution >= 0.6 is 27.3 Å². The maximum absolute atomic E-state index is 3.48. The largest absolute Gasteiger partial charge is 0.141 e. The number of alkyl halides is 1. The monoisotopic (exact) mass is 244 g/mol. The highest BCUT2D eigenvalue weighted by Crippen LogP contribution is 2.19. The van der Waals surface area contributed by atoms with Gasteiger partial charge in [0.1, 0.15) is 0 Å². The number of aryl methyl sites for hydroxylation is 1. The number of halogens is 1. The maximum Gasteiger partial charge on any atom is 0.0272 e. The molecule has 0 nitrogen and oxygen atoms in total. The topological polar surface area (TPSA) is 0 Å². The van der Waals surface area contributed by atoms with Gasteiger partial charge >= 0.3 is 0 Å². The lowest BCUT2D eigenvalue weighted by molar-refractivity contribution is 1.13. The molecule has 0 saturated carbocycles. The van der Waals surface area contributed by atoms with Crippen molar-refractivity contribution >= 4 is 33.3 Å². The highest BCUT2D eigenvalue weighted by atomic mass is 79.9. The summed E-state index contributed by atoms with van der Waals surface area (Å²) in [6, 6.07) is 4.34. The van der Waals surface area contributed by atoms with Gasteiger partial charge in [-0.2, -0.15) is 0 Å². The quantitative estimate of drug-likeness (QED) is 0.698. The van der Waals surface area contributed by atoms with Gasteiger partial charge < -0.3 is 0 Å². The van der Waals surface area contributed by atoms with Gasteiger partial charge in [-0.25, -0.2) is 0 Å². The van der Waals surface area contributed by atoms with E-state index in [0.29, 0.717) is 0 Å². The Hall–Kier alpha value is -0.0800. The van der Waals surface area contributed by atoms with Crippen LogP contribution in [-0.4, -0.2) is 5.33 Å². The van der Waals surface area contributed by atoms with Gasteiger partial charge in [0, 0.05) is 15.1 Å². The summed E-state index contributed by atoms with van der Waals surface area (Å²) in [5.74, 6) is 0. The maximum atomic E-state index is 3.48. The van der Waals surface area contributed by atoms with Gasteiger partial charge in [-0.15, -0.1) is 11.3 Å². The molecular weight excluding hydrogens is 232 g/mol. The molecule has 0 atom stereocenters. The Balaban J connectivity index is 2.78. The molecule has 0 fully saturated rings. The van der Waals surface area contributed by atoms with E-state index in [1.54, 1.807) is 0 Å². The first kappa shape index (κ1) is 10.0. The molecule has 1 aromatic heterocycles. The molecule has 0 bridgehead atoms. The third-order valence-electron chi connectivity index (χ3n) is 1.73. The Kier molecular flexibility index (Phi) is 4.02. The molecule has 0 amide bonds. The van der Waals surface area contributed by atoms with E-state index in [4.69, 9.17) is 0 Å². The predicted molar refractivity (Wildman–Crippen MR) is 61.1 cm³/mol. The Morgan fingerprint density at radius 3 is 2.75 bits per heavy atom. The third kappa shape index (κ3) is 2.76. The van der Waals surface area contributed by atoms with Crippen molar-refractivity contribution in [3.63, 3.8) is 0 Å². The Bertz CT molecular complexity index is 267. The van der Waals surface area contributed by atoms with Crippen molar-refractivity contribution in [2.24, 2.45) is 0 Å². The Labute approximate surface area is 86.4 Å². The van der Waals surface area contributed by atoms with Crippen LogP contribution in [0.25, 0.3) is 6.08 Å². The fourth-order valence-corrected chi connectivity index (χ4v) is 2.40. The molecule has 0 aliphatic rings. The fourth-order valence-electron chi connectivity index (χ4n) is 0.967. The number of allylic oxidation sites excluding steroid dienone is 1. The van der Waals surface area contributed by atoms with Gasteiger partial charge in [-0.3, -0.25) is 0 Å². The fraction of sp³-hybridized carbons (Fsp3) is 0.400. The normalized spacial score (nSPS) is 12.1. The highest BCUT2D eigenvalue weighted by molar-refractivity contribution is 9.09. The van der Waals surface area contributed by atoms with Gasteiger partial charge in [0.2, 0.25) is 0 Å². The van der Waals surface area contributed by atoms with Crippen molar-refractivity contribution in [3.05, 3.63) is 27.5 Å². The minimum atomic E-state index is 0.987. The van der Waals surface area contributed by atoms with Crippen LogP contribution in [0.1, 0.15) is 23.1 Å². The van der Waals surface area contributed by atoms with E-state index in [0.717, 1.165) is 11.8 Å². The number of hydrogen-bond donors (Lipinski definition) is 0. The lowest BCUT2D eigenvalue weighted by atomic mass is 10.2. The second-order valence-electron chi connectivity index (χ2n) is 2.74. The molecule has 0 N–H and O–H groups in total. The van der Waals surface area contributed by atoms with Crippen LogP contribution in [-0.2, 0) is 0 Å². The average molecular weight is 245 g/mol. The van der Waals surface area contributed by atoms with Crippen LogP contribution in [0.4, 0.5) is 0 Å². The van der Waals surface area contributed by atoms with Crippen molar-refractivity contribution in [2.45, 2.75) is 20.3 Å². The van der Waals surface area contributed by atoms with Gasteiger partial charge in [0.05, 0.1) is 0 Å². The number of hydrogen-bond acceptors (Lipinski definition) is 1. The van der Waals surface area contributed by atoms with Gasteiger partial charge in [0.25, 0.3) is 0 Å². The molecule has 0 aromatic carbocycles. The molecule has 0 radical (unpaired) electrons. The molecule has 0 aliphatic carbocycles. The molecule has 12 heavy (non-hydrogen) atoms. The Morgan fingerprint density at radius 2 is 2.33 bits per heavy atom. The zero-order valence-electron chi connectivity index (χ0n) is 7.43. The minimum absolute atomic E-state index is 0.987. The van der Waals surface area contributed by atoms with Gasteiger partial charge in [0.15, 0.2) is 0 Å². The van der Waals surface area contributed by atoms with Crippen molar-refractivity contribution in [1.82, 2.24) is 0 Å². The molecule has 1 aromatic rings. The third-order valence-corrected chi connectivity index (χ3v) is 3.40. The summed E-state index contributed by atoms with van der Waals surface area (Å²) in [6.45, 7) is 4.33. The van der Waals surface area contributed by atoms with Crippen LogP contribution in [0, 0.1) is 6.92 Å². The molecule has 0 aliphatic heterocycles. The smallest absolute Gasteiger partial charge is 0.0272 e. The average Bonchev–Trinajstić information content (AvgIpc) is 2.47. The van der Waals surface area contributed by atoms with E-state index >= 15 is 0 Å². The van der Waals surface area contributed by atoms with Crippen molar-refractivity contribution in [1.29, 1.82) is 0 Å². The van der Waals surface area contributed by atoms with E-state index < -0.39 is 0 Å². The predicted octanol–water partition coefficient (Wildman–Crippen LogP) is 4.24. The summed E-state index contributed by atoms with van der Waals surface area (Å²) < 4.78 is 0. The summed E-state index contributed by atoms with van der Waals surface area (Å²) in [7, 11) is 0. The summed E-state index contributed by atoms with van der Waals surface area (Å²) in [4.78, 5) is 2.75. The first-order valence-electron chi connectivity index (χ1n) is 4.08. The lowest BCUT2D eigenvalue weighted by Crippen LogP contribution is -1.79. The van der Waals surface area contributed by atoms with Gasteiger partial charge in [-0.05, 0) is 31.6 Å². The standard InChI is InChI=1S/C10H13BrS/c1-3-9(7-11)6-10-5-4-8(2)12-10/h4-6H,3,7H2,1-2H3. The van der Waals surface area contributed by atoms with Crippen molar-refractivity contribution in [3.8, 4) is 0 Å². The van der Waals surface area contributed by atoms with E-state index in [-0.39, 0.29) is 0 Å². The summed E-state index contributed by atoms with van der Waals surface area (Å²) >= 11 is 5.33. The van der Waals surface area contributed by atoms with Crippen LogP contribution in [0.5, 0.6) is 0 Å². The molecule has 0 saturated heterocycles. The zero-order valence-corrected chi connectivity index (χ0v) is 9.83. The first-order valence-corrected chi connectivity index (χ1v) is 6.02. The molecule has 1 rings (SSSR count). The van der Waals surface area contributed by atoms with Gasteiger partial charge in [-0.1, -0.05) is 28.4 Å². The van der Waals surface area contributed by atoms with Crippen molar-refractivity contribution in [2.75, 3.05) is 5.33 Å². The van der Waals surface area contributed by atoms with E-state index in [2.05, 4.69) is 48.0 Å². The lowest BCUT2D eigenvalue weighted by Gasteiger charge is -1.95. The molecule has 1 heterocycles. The van der Waals surface area contributed by atoms with Crippen LogP contribution in [0.15, 0.2) is 17.7 Å². The minimum Gasteiger partial charge on any atom is -0.141 e. The zero-order chi connectivity index (χ0) is 8.97. The Morgan fingerprint density at radius 1 is 1.58 bits per heavy atom. The number of thiophene rings is 1. The van der Waals surface area contributed by atoms with E-state index in [1.165, 1.54) is 15.3 Å². The SMILES string of the molecule is CCC(=Cc1ccc(C)s1)CBr. The van der Waals surface area contributed by atoms with Crippen LogP contribution < -0.4 is 0 Å². The second-order valence-corrected chi connectivity index (χ2v) is 4.62. The summed E-state index contributed by atoms with van der Waals surface area (Å²) in [6.07, 6.45) is 3.40. The molecule has 2 heteroatoms. The van der Waals surface area contributed by atoms with Crippen LogP contribution in [0.2, 0.25) is 0 Å². The molecular formula is C10H13BrS. The van der Waals surface area contributed by atoms with Crippen LogP contribution in [0.3, 0.4) is 0 Å².